The number of nitrogens with zero attached hydrogens (tertiary/aromatic N) is 8. The predicted molar refractivity (Wildman–Crippen MR) is 109 cm³/mol. The molecule has 0 aliphatic carbocycles. The Labute approximate surface area is 169 Å². The van der Waals surface area contributed by atoms with Gasteiger partial charge in [-0.2, -0.15) is 4.68 Å². The molecular weight excluding hydrogens is 392 g/mol. The molecular formula is C18H20N8O2S. The zero-order chi connectivity index (χ0) is 20.5. The molecule has 0 unspecified atom stereocenters. The van der Waals surface area contributed by atoms with Gasteiger partial charge >= 0.3 is 5.69 Å². The summed E-state index contributed by atoms with van der Waals surface area (Å²) in [6.45, 7) is 2.33. The standard InChI is InChI=1S/C18H20N8O2S/c1-12-5-7-13(8-6-12)26-17(20-21-22-26)29-10-4-9-25-16(27)14-15(19-11-23(14)2)24(3)18(25)28/h5-8,11H,4,9-10H2,1-3H3. The molecule has 0 amide bonds. The molecule has 4 aromatic rings. The molecule has 0 atom stereocenters. The van der Waals surface area contributed by atoms with Crippen LogP contribution in [0.25, 0.3) is 16.9 Å². The van der Waals surface area contributed by atoms with Gasteiger partial charge in [0.1, 0.15) is 0 Å². The van der Waals surface area contributed by atoms with Crippen LogP contribution < -0.4 is 11.2 Å². The normalized spacial score (nSPS) is 11.4. The number of tetrazole rings is 1. The van der Waals surface area contributed by atoms with E-state index < -0.39 is 0 Å². The molecule has 0 fully saturated rings. The van der Waals surface area contributed by atoms with Crippen LogP contribution in [0.5, 0.6) is 0 Å². The number of hydrogen-bond acceptors (Lipinski definition) is 7. The monoisotopic (exact) mass is 412 g/mol. The van der Waals surface area contributed by atoms with Crippen molar-refractivity contribution in [1.29, 1.82) is 0 Å². The Morgan fingerprint density at radius 1 is 1.10 bits per heavy atom. The van der Waals surface area contributed by atoms with Crippen LogP contribution in [-0.2, 0) is 20.6 Å². The molecule has 0 N–H and O–H groups in total. The molecule has 0 aliphatic rings. The third kappa shape index (κ3) is 3.48. The van der Waals surface area contributed by atoms with Crippen molar-refractivity contribution in [2.75, 3.05) is 5.75 Å². The van der Waals surface area contributed by atoms with Gasteiger partial charge in [0.05, 0.1) is 12.0 Å². The summed E-state index contributed by atoms with van der Waals surface area (Å²) in [5.74, 6) is 0.658. The quantitative estimate of drug-likeness (QED) is 0.342. The maximum atomic E-state index is 12.7. The van der Waals surface area contributed by atoms with Gasteiger partial charge in [0, 0.05) is 26.4 Å². The fourth-order valence-electron chi connectivity index (χ4n) is 3.10. The molecule has 1 aromatic carbocycles. The van der Waals surface area contributed by atoms with Crippen LogP contribution in [0.3, 0.4) is 0 Å². The summed E-state index contributed by atoms with van der Waals surface area (Å²) in [5, 5.41) is 12.5. The Morgan fingerprint density at radius 2 is 1.86 bits per heavy atom. The van der Waals surface area contributed by atoms with Crippen LogP contribution in [0.2, 0.25) is 0 Å². The fraction of sp³-hybridized carbons (Fsp3) is 0.333. The number of benzene rings is 1. The van der Waals surface area contributed by atoms with E-state index in [1.165, 1.54) is 27.2 Å². The minimum absolute atomic E-state index is 0.311. The number of aromatic nitrogens is 8. The van der Waals surface area contributed by atoms with Gasteiger partial charge in [-0.3, -0.25) is 13.9 Å². The second-order valence-electron chi connectivity index (χ2n) is 6.74. The molecule has 0 saturated heterocycles. The largest absolute Gasteiger partial charge is 0.332 e. The third-order valence-corrected chi connectivity index (χ3v) is 5.68. The first-order valence-corrected chi connectivity index (χ1v) is 10.0. The highest BCUT2D eigenvalue weighted by Gasteiger charge is 2.15. The van der Waals surface area contributed by atoms with E-state index >= 15 is 0 Å². The Kier molecular flexibility index (Phi) is 5.05. The van der Waals surface area contributed by atoms with Crippen molar-refractivity contribution in [2.24, 2.45) is 14.1 Å². The third-order valence-electron chi connectivity index (χ3n) is 4.68. The molecule has 0 radical (unpaired) electrons. The lowest BCUT2D eigenvalue weighted by molar-refractivity contribution is 0.594. The van der Waals surface area contributed by atoms with Crippen LogP contribution >= 0.6 is 11.8 Å². The maximum absolute atomic E-state index is 12.7. The van der Waals surface area contributed by atoms with Gasteiger partial charge in [-0.15, -0.1) is 5.10 Å². The molecule has 0 spiro atoms. The van der Waals surface area contributed by atoms with E-state index in [-0.39, 0.29) is 11.2 Å². The average Bonchev–Trinajstić information content (AvgIpc) is 3.33. The van der Waals surface area contributed by atoms with Gasteiger partial charge in [0.15, 0.2) is 11.2 Å². The average molecular weight is 412 g/mol. The second kappa shape index (κ2) is 7.66. The Bertz CT molecular complexity index is 1280. The summed E-state index contributed by atoms with van der Waals surface area (Å²) < 4.78 is 5.98. The van der Waals surface area contributed by atoms with Crippen molar-refractivity contribution in [2.45, 2.75) is 25.0 Å². The molecule has 4 rings (SSSR count). The summed E-state index contributed by atoms with van der Waals surface area (Å²) in [5.41, 5.74) is 2.17. The highest BCUT2D eigenvalue weighted by atomic mass is 32.2. The number of thioether (sulfide) groups is 1. The number of fused-ring (bicyclic) bond motifs is 1. The number of hydrogen-bond donors (Lipinski definition) is 0. The lowest BCUT2D eigenvalue weighted by Gasteiger charge is -2.08. The van der Waals surface area contributed by atoms with Crippen LogP contribution in [0.15, 0.2) is 45.3 Å². The van der Waals surface area contributed by atoms with Crippen LogP contribution in [0.4, 0.5) is 0 Å². The van der Waals surface area contributed by atoms with Crippen LogP contribution in [0, 0.1) is 6.92 Å². The summed E-state index contributed by atoms with van der Waals surface area (Å²) in [6, 6.07) is 7.93. The number of rotatable bonds is 6. The lowest BCUT2D eigenvalue weighted by Crippen LogP contribution is -2.39. The van der Waals surface area contributed by atoms with Gasteiger partial charge < -0.3 is 4.57 Å². The number of imidazole rings is 1. The Balaban J connectivity index is 1.48. The first-order valence-electron chi connectivity index (χ1n) is 9.06. The summed E-state index contributed by atoms with van der Waals surface area (Å²) >= 11 is 1.48. The summed E-state index contributed by atoms with van der Waals surface area (Å²) in [7, 11) is 3.37. The highest BCUT2D eigenvalue weighted by molar-refractivity contribution is 7.99. The molecule has 0 saturated carbocycles. The van der Waals surface area contributed by atoms with Crippen molar-refractivity contribution >= 4 is 22.9 Å². The first-order chi connectivity index (χ1) is 14.0. The first kappa shape index (κ1) is 19.1. The molecule has 11 heteroatoms. The van der Waals surface area contributed by atoms with Gasteiger partial charge in [-0.1, -0.05) is 29.5 Å². The minimum Gasteiger partial charge on any atom is -0.328 e. The smallest absolute Gasteiger partial charge is 0.328 e. The topological polar surface area (TPSA) is 105 Å². The highest BCUT2D eigenvalue weighted by Crippen LogP contribution is 2.19. The van der Waals surface area contributed by atoms with Gasteiger partial charge in [-0.05, 0) is 35.9 Å². The van der Waals surface area contributed by atoms with Crippen molar-refractivity contribution in [3.63, 3.8) is 0 Å². The summed E-state index contributed by atoms with van der Waals surface area (Å²) in [4.78, 5) is 29.4. The second-order valence-corrected chi connectivity index (χ2v) is 7.80. The van der Waals surface area contributed by atoms with Crippen molar-refractivity contribution in [3.05, 3.63) is 57.0 Å². The molecule has 3 aromatic heterocycles. The van der Waals surface area contributed by atoms with Crippen LogP contribution in [-0.4, -0.2) is 44.6 Å². The summed E-state index contributed by atoms with van der Waals surface area (Å²) in [6.07, 6.45) is 2.15. The molecule has 0 aliphatic heterocycles. The van der Waals surface area contributed by atoms with Gasteiger partial charge in [0.25, 0.3) is 5.56 Å². The van der Waals surface area contributed by atoms with E-state index in [0.29, 0.717) is 35.0 Å². The molecule has 0 bridgehead atoms. The van der Waals surface area contributed by atoms with Crippen molar-refractivity contribution in [3.8, 4) is 5.69 Å². The van der Waals surface area contributed by atoms with E-state index in [1.54, 1.807) is 23.3 Å². The fourth-order valence-corrected chi connectivity index (χ4v) is 3.91. The van der Waals surface area contributed by atoms with Crippen molar-refractivity contribution < 1.29 is 0 Å². The zero-order valence-electron chi connectivity index (χ0n) is 16.3. The number of aryl methyl sites for hydroxylation is 3. The van der Waals surface area contributed by atoms with E-state index in [2.05, 4.69) is 20.5 Å². The maximum Gasteiger partial charge on any atom is 0.332 e. The zero-order valence-corrected chi connectivity index (χ0v) is 17.1. The molecule has 3 heterocycles. The minimum atomic E-state index is -0.365. The van der Waals surface area contributed by atoms with Gasteiger partial charge in [0.2, 0.25) is 5.16 Å². The van der Waals surface area contributed by atoms with Crippen molar-refractivity contribution in [1.82, 2.24) is 38.9 Å². The molecule has 150 valence electrons. The van der Waals surface area contributed by atoms with Crippen LogP contribution in [0.1, 0.15) is 12.0 Å². The van der Waals surface area contributed by atoms with E-state index in [9.17, 15) is 9.59 Å². The van der Waals surface area contributed by atoms with Gasteiger partial charge in [-0.25, -0.2) is 9.78 Å². The Hall–Kier alpha value is -3.21. The van der Waals surface area contributed by atoms with E-state index in [4.69, 9.17) is 0 Å². The predicted octanol–water partition coefficient (Wildman–Crippen LogP) is 0.900. The SMILES string of the molecule is Cc1ccc(-n2nnnc2SCCCn2c(=O)c3c(ncn3C)n(C)c2=O)cc1. The van der Waals surface area contributed by atoms with E-state index in [0.717, 1.165) is 11.3 Å². The Morgan fingerprint density at radius 3 is 2.62 bits per heavy atom. The lowest BCUT2D eigenvalue weighted by atomic mass is 10.2. The molecule has 10 nitrogen and oxygen atoms in total. The molecule has 29 heavy (non-hydrogen) atoms. The van der Waals surface area contributed by atoms with E-state index in [1.807, 2.05) is 31.2 Å².